The van der Waals surface area contributed by atoms with E-state index in [0.29, 0.717) is 11.5 Å². The summed E-state index contributed by atoms with van der Waals surface area (Å²) in [4.78, 5) is 11.0. The molecule has 1 saturated carbocycles. The van der Waals surface area contributed by atoms with Gasteiger partial charge in [0.25, 0.3) is 0 Å². The number of carbonyl (C=O) groups excluding carboxylic acids is 1. The maximum Gasteiger partial charge on any atom is 0.367 e. The van der Waals surface area contributed by atoms with Crippen LogP contribution in [0.5, 0.6) is 0 Å². The number of hydrogen-bond acceptors (Lipinski definition) is 2. The molecule has 0 aromatic carbocycles. The van der Waals surface area contributed by atoms with Crippen molar-refractivity contribution in [3.8, 4) is 0 Å². The standard InChI is InChI=1S/C10H15FO2/c1-6(2)9(11)10(12)13-8-4-7(3)5-8/h7-8H,4-5H2,1-3H3. The summed E-state index contributed by atoms with van der Waals surface area (Å²) in [7, 11) is 0. The highest BCUT2D eigenvalue weighted by atomic mass is 19.1. The molecule has 0 heterocycles. The van der Waals surface area contributed by atoms with Gasteiger partial charge in [-0.15, -0.1) is 0 Å². The topological polar surface area (TPSA) is 26.3 Å². The summed E-state index contributed by atoms with van der Waals surface area (Å²) in [5.74, 6) is -0.955. The average molecular weight is 186 g/mol. The zero-order chi connectivity index (χ0) is 10.0. The second-order valence-corrected chi connectivity index (χ2v) is 3.92. The van der Waals surface area contributed by atoms with Gasteiger partial charge in [-0.3, -0.25) is 0 Å². The molecule has 0 N–H and O–H groups in total. The molecule has 1 aliphatic rings. The van der Waals surface area contributed by atoms with Gasteiger partial charge in [-0.05, 0) is 38.2 Å². The molecule has 13 heavy (non-hydrogen) atoms. The SMILES string of the molecule is CC(C)=C(F)C(=O)OC1CC(C)C1. The summed E-state index contributed by atoms with van der Waals surface area (Å²) in [6.07, 6.45) is 1.66. The Kier molecular flexibility index (Phi) is 3.07. The molecule has 0 radical (unpaired) electrons. The van der Waals surface area contributed by atoms with Crippen molar-refractivity contribution in [3.63, 3.8) is 0 Å². The van der Waals surface area contributed by atoms with E-state index in [2.05, 4.69) is 6.92 Å². The lowest BCUT2D eigenvalue weighted by Gasteiger charge is -2.31. The van der Waals surface area contributed by atoms with E-state index in [1.807, 2.05) is 0 Å². The van der Waals surface area contributed by atoms with E-state index >= 15 is 0 Å². The van der Waals surface area contributed by atoms with Crippen molar-refractivity contribution >= 4 is 5.97 Å². The number of ether oxygens (including phenoxy) is 1. The van der Waals surface area contributed by atoms with Crippen LogP contribution >= 0.6 is 0 Å². The highest BCUT2D eigenvalue weighted by molar-refractivity contribution is 5.86. The van der Waals surface area contributed by atoms with Crippen LogP contribution in [0, 0.1) is 5.92 Å². The molecule has 0 aliphatic heterocycles. The van der Waals surface area contributed by atoms with Gasteiger partial charge < -0.3 is 4.74 Å². The fraction of sp³-hybridized carbons (Fsp3) is 0.700. The van der Waals surface area contributed by atoms with E-state index in [1.165, 1.54) is 0 Å². The van der Waals surface area contributed by atoms with E-state index in [9.17, 15) is 9.18 Å². The maximum atomic E-state index is 12.9. The van der Waals surface area contributed by atoms with Crippen LogP contribution in [0.15, 0.2) is 11.4 Å². The molecule has 0 aromatic rings. The lowest BCUT2D eigenvalue weighted by atomic mass is 9.84. The molecule has 1 rings (SSSR count). The molecule has 0 saturated heterocycles. The van der Waals surface area contributed by atoms with Gasteiger partial charge >= 0.3 is 5.97 Å². The molecule has 74 valence electrons. The van der Waals surface area contributed by atoms with E-state index in [1.54, 1.807) is 13.8 Å². The summed E-state index contributed by atoms with van der Waals surface area (Å²) >= 11 is 0. The molecule has 0 bridgehead atoms. The highest BCUT2D eigenvalue weighted by Crippen LogP contribution is 2.30. The fourth-order valence-electron chi connectivity index (χ4n) is 1.33. The largest absolute Gasteiger partial charge is 0.457 e. The number of halogens is 1. The molecule has 0 amide bonds. The van der Waals surface area contributed by atoms with Crippen LogP contribution in [0.4, 0.5) is 4.39 Å². The molecule has 3 heteroatoms. The summed E-state index contributed by atoms with van der Waals surface area (Å²) in [6, 6.07) is 0. The summed E-state index contributed by atoms with van der Waals surface area (Å²) in [5, 5.41) is 0. The summed E-state index contributed by atoms with van der Waals surface area (Å²) in [6.45, 7) is 5.20. The van der Waals surface area contributed by atoms with E-state index < -0.39 is 11.8 Å². The van der Waals surface area contributed by atoms with Crippen LogP contribution in [-0.2, 0) is 9.53 Å². The van der Waals surface area contributed by atoms with Gasteiger partial charge in [0.2, 0.25) is 5.83 Å². The normalized spacial score (nSPS) is 26.2. The van der Waals surface area contributed by atoms with E-state index in [-0.39, 0.29) is 6.10 Å². The molecular weight excluding hydrogens is 171 g/mol. The summed E-state index contributed by atoms with van der Waals surface area (Å²) in [5.41, 5.74) is 0.373. The first-order valence-electron chi connectivity index (χ1n) is 4.54. The number of rotatable bonds is 2. The quantitative estimate of drug-likeness (QED) is 0.489. The second-order valence-electron chi connectivity index (χ2n) is 3.92. The minimum Gasteiger partial charge on any atom is -0.457 e. The Labute approximate surface area is 77.8 Å². The minimum absolute atomic E-state index is 0.0624. The zero-order valence-corrected chi connectivity index (χ0v) is 8.26. The Hall–Kier alpha value is -0.860. The third kappa shape index (κ3) is 2.54. The number of allylic oxidation sites excluding steroid dienone is 1. The van der Waals surface area contributed by atoms with Crippen LogP contribution in [-0.4, -0.2) is 12.1 Å². The zero-order valence-electron chi connectivity index (χ0n) is 8.26. The third-order valence-corrected chi connectivity index (χ3v) is 2.22. The second kappa shape index (κ2) is 3.90. The van der Waals surface area contributed by atoms with Gasteiger partial charge in [-0.2, -0.15) is 4.39 Å². The molecule has 1 fully saturated rings. The van der Waals surface area contributed by atoms with E-state index in [0.717, 1.165) is 12.8 Å². The van der Waals surface area contributed by atoms with Crippen LogP contribution in [0.1, 0.15) is 33.6 Å². The molecule has 0 atom stereocenters. The Morgan fingerprint density at radius 3 is 2.31 bits per heavy atom. The third-order valence-electron chi connectivity index (χ3n) is 2.22. The first kappa shape index (κ1) is 10.2. The van der Waals surface area contributed by atoms with Gasteiger partial charge in [0.05, 0.1) is 0 Å². The number of hydrogen-bond donors (Lipinski definition) is 0. The molecular formula is C10H15FO2. The summed E-state index contributed by atoms with van der Waals surface area (Å²) < 4.78 is 17.9. The van der Waals surface area contributed by atoms with Crippen molar-refractivity contribution in [2.45, 2.75) is 39.7 Å². The molecule has 0 unspecified atom stereocenters. The van der Waals surface area contributed by atoms with Crippen LogP contribution < -0.4 is 0 Å². The fourth-order valence-corrected chi connectivity index (χ4v) is 1.33. The number of esters is 1. The highest BCUT2D eigenvalue weighted by Gasteiger charge is 2.29. The van der Waals surface area contributed by atoms with Crippen molar-refractivity contribution in [1.82, 2.24) is 0 Å². The van der Waals surface area contributed by atoms with Gasteiger partial charge in [0.15, 0.2) is 0 Å². The van der Waals surface area contributed by atoms with Gasteiger partial charge in [0.1, 0.15) is 6.10 Å². The van der Waals surface area contributed by atoms with Gasteiger partial charge in [-0.1, -0.05) is 6.92 Å². The van der Waals surface area contributed by atoms with Gasteiger partial charge in [-0.25, -0.2) is 4.79 Å². The first-order valence-corrected chi connectivity index (χ1v) is 4.54. The smallest absolute Gasteiger partial charge is 0.367 e. The lowest BCUT2D eigenvalue weighted by molar-refractivity contribution is -0.152. The minimum atomic E-state index is -0.808. The molecule has 0 spiro atoms. The molecule has 0 aromatic heterocycles. The van der Waals surface area contributed by atoms with Crippen LogP contribution in [0.2, 0.25) is 0 Å². The van der Waals surface area contributed by atoms with Crippen molar-refractivity contribution in [2.75, 3.05) is 0 Å². The van der Waals surface area contributed by atoms with Crippen molar-refractivity contribution in [1.29, 1.82) is 0 Å². The Morgan fingerprint density at radius 1 is 1.38 bits per heavy atom. The number of carbonyl (C=O) groups is 1. The van der Waals surface area contributed by atoms with Crippen LogP contribution in [0.3, 0.4) is 0 Å². The average Bonchev–Trinajstić information content (AvgIpc) is 2.00. The van der Waals surface area contributed by atoms with E-state index in [4.69, 9.17) is 4.74 Å². The first-order chi connectivity index (χ1) is 6.00. The van der Waals surface area contributed by atoms with Crippen molar-refractivity contribution in [2.24, 2.45) is 5.92 Å². The predicted octanol–water partition coefficient (Wildman–Crippen LogP) is 2.59. The van der Waals surface area contributed by atoms with Crippen molar-refractivity contribution < 1.29 is 13.9 Å². The Bertz CT molecular complexity index is 235. The lowest BCUT2D eigenvalue weighted by Crippen LogP contribution is -2.31. The maximum absolute atomic E-state index is 12.9. The van der Waals surface area contributed by atoms with Crippen LogP contribution in [0.25, 0.3) is 0 Å². The Morgan fingerprint density at radius 2 is 1.92 bits per heavy atom. The molecule has 2 nitrogen and oxygen atoms in total. The monoisotopic (exact) mass is 186 g/mol. The molecule has 1 aliphatic carbocycles. The van der Waals surface area contributed by atoms with Gasteiger partial charge in [0, 0.05) is 0 Å². The van der Waals surface area contributed by atoms with Crippen molar-refractivity contribution in [3.05, 3.63) is 11.4 Å². The Balaban J connectivity index is 2.38. The predicted molar refractivity (Wildman–Crippen MR) is 47.8 cm³/mol.